The molecule has 2 N–H and O–H groups in total. The molecule has 0 bridgehead atoms. The van der Waals surface area contributed by atoms with E-state index in [1.807, 2.05) is 43.1 Å². The van der Waals surface area contributed by atoms with E-state index in [0.717, 1.165) is 11.3 Å². The number of nitrogens with zero attached hydrogens (tertiary/aromatic N) is 3. The van der Waals surface area contributed by atoms with Crippen LogP contribution in [0.4, 0.5) is 5.95 Å². The van der Waals surface area contributed by atoms with E-state index in [1.54, 1.807) is 6.07 Å². The summed E-state index contributed by atoms with van der Waals surface area (Å²) in [6, 6.07) is 9.47. The second-order valence-electron chi connectivity index (χ2n) is 4.54. The van der Waals surface area contributed by atoms with E-state index in [9.17, 15) is 0 Å². The summed E-state index contributed by atoms with van der Waals surface area (Å²) in [5.41, 5.74) is 8.13. The maximum atomic E-state index is 5.98. The Morgan fingerprint density at radius 2 is 2.10 bits per heavy atom. The van der Waals surface area contributed by atoms with Crippen LogP contribution >= 0.6 is 23.8 Å². The minimum Gasteiger partial charge on any atom is -0.388 e. The van der Waals surface area contributed by atoms with Crippen molar-refractivity contribution in [2.45, 2.75) is 13.5 Å². The van der Waals surface area contributed by atoms with E-state index in [1.165, 1.54) is 0 Å². The van der Waals surface area contributed by atoms with E-state index in [4.69, 9.17) is 29.6 Å². The van der Waals surface area contributed by atoms with E-state index in [-0.39, 0.29) is 4.99 Å². The van der Waals surface area contributed by atoms with Crippen LogP contribution in [-0.2, 0) is 6.54 Å². The first kappa shape index (κ1) is 14.7. The van der Waals surface area contributed by atoms with Crippen LogP contribution in [0.3, 0.4) is 0 Å². The number of aryl methyl sites for hydroxylation is 1. The summed E-state index contributed by atoms with van der Waals surface area (Å²) in [6.07, 6.45) is 0. The van der Waals surface area contributed by atoms with Crippen molar-refractivity contribution in [3.8, 4) is 0 Å². The number of halogens is 1. The topological polar surface area (TPSA) is 55.0 Å². The molecule has 0 saturated heterocycles. The summed E-state index contributed by atoms with van der Waals surface area (Å²) in [6.45, 7) is 2.54. The van der Waals surface area contributed by atoms with E-state index < -0.39 is 0 Å². The summed E-state index contributed by atoms with van der Waals surface area (Å²) >= 11 is 10.9. The Hall–Kier alpha value is -1.72. The van der Waals surface area contributed by atoms with Gasteiger partial charge in [0.15, 0.2) is 0 Å². The van der Waals surface area contributed by atoms with Gasteiger partial charge < -0.3 is 10.6 Å². The molecule has 6 heteroatoms. The largest absolute Gasteiger partial charge is 0.388 e. The minimum atomic E-state index is 0.271. The quantitative estimate of drug-likeness (QED) is 0.880. The molecular weight excluding hydrogens is 292 g/mol. The van der Waals surface area contributed by atoms with Crippen molar-refractivity contribution in [1.29, 1.82) is 0 Å². The van der Waals surface area contributed by atoms with Gasteiger partial charge in [0, 0.05) is 24.3 Å². The first-order valence-electron chi connectivity index (χ1n) is 6.07. The van der Waals surface area contributed by atoms with Crippen molar-refractivity contribution in [3.63, 3.8) is 0 Å². The fourth-order valence-electron chi connectivity index (χ4n) is 1.83. The highest BCUT2D eigenvalue weighted by molar-refractivity contribution is 7.80. The van der Waals surface area contributed by atoms with E-state index in [2.05, 4.69) is 9.97 Å². The molecular formula is C14H15ClN4S. The predicted octanol–water partition coefficient (Wildman–Crippen LogP) is 2.71. The summed E-state index contributed by atoms with van der Waals surface area (Å²) in [7, 11) is 1.92. The van der Waals surface area contributed by atoms with Crippen molar-refractivity contribution in [2.75, 3.05) is 11.9 Å². The Bertz CT molecular complexity index is 645. The van der Waals surface area contributed by atoms with Crippen LogP contribution in [0.2, 0.25) is 5.02 Å². The Morgan fingerprint density at radius 1 is 1.35 bits per heavy atom. The normalized spacial score (nSPS) is 10.3. The summed E-state index contributed by atoms with van der Waals surface area (Å²) in [4.78, 5) is 11.0. The molecule has 1 heterocycles. The molecule has 0 aliphatic carbocycles. The molecule has 0 amide bonds. The maximum Gasteiger partial charge on any atom is 0.226 e. The molecule has 4 nitrogen and oxygen atoms in total. The lowest BCUT2D eigenvalue weighted by Crippen LogP contribution is -2.22. The molecule has 0 radical (unpaired) electrons. The molecule has 0 atom stereocenters. The van der Waals surface area contributed by atoms with Gasteiger partial charge in [0.05, 0.1) is 0 Å². The number of anilines is 1. The molecule has 0 unspecified atom stereocenters. The number of rotatable bonds is 4. The first-order valence-corrected chi connectivity index (χ1v) is 6.85. The van der Waals surface area contributed by atoms with Gasteiger partial charge in [-0.2, -0.15) is 0 Å². The number of hydrogen-bond acceptors (Lipinski definition) is 4. The molecule has 2 aromatic rings. The Labute approximate surface area is 128 Å². The number of thiocarbonyl (C=S) groups is 1. The highest BCUT2D eigenvalue weighted by atomic mass is 35.5. The zero-order chi connectivity index (χ0) is 14.7. The van der Waals surface area contributed by atoms with Gasteiger partial charge in [0.25, 0.3) is 0 Å². The van der Waals surface area contributed by atoms with Crippen LogP contribution in [0, 0.1) is 6.92 Å². The molecule has 0 spiro atoms. The Kier molecular flexibility index (Phi) is 4.52. The van der Waals surface area contributed by atoms with Gasteiger partial charge in [-0.3, -0.25) is 0 Å². The van der Waals surface area contributed by atoms with Gasteiger partial charge in [-0.15, -0.1) is 0 Å². The average molecular weight is 307 g/mol. The molecule has 1 aromatic heterocycles. The molecule has 2 rings (SSSR count). The number of aromatic nitrogens is 2. The third-order valence-corrected chi connectivity index (χ3v) is 3.19. The lowest BCUT2D eigenvalue weighted by Gasteiger charge is -2.18. The highest BCUT2D eigenvalue weighted by Crippen LogP contribution is 2.15. The molecule has 0 saturated carbocycles. The smallest absolute Gasteiger partial charge is 0.226 e. The molecule has 0 aliphatic heterocycles. The minimum absolute atomic E-state index is 0.271. The molecule has 104 valence electrons. The standard InChI is InChI=1S/C14H15ClN4S/c1-9-6-12(13(16)20)18-14(17-9)19(2)8-10-4-3-5-11(15)7-10/h3-7H,8H2,1-2H3,(H2,16,20). The van der Waals surface area contributed by atoms with Gasteiger partial charge in [0.2, 0.25) is 5.95 Å². The van der Waals surface area contributed by atoms with Crippen molar-refractivity contribution in [1.82, 2.24) is 9.97 Å². The van der Waals surface area contributed by atoms with Crippen LogP contribution < -0.4 is 10.6 Å². The summed E-state index contributed by atoms with van der Waals surface area (Å²) < 4.78 is 0. The van der Waals surface area contributed by atoms with Crippen molar-refractivity contribution >= 4 is 34.8 Å². The molecule has 0 fully saturated rings. The lowest BCUT2D eigenvalue weighted by molar-refractivity contribution is 0.857. The number of hydrogen-bond donors (Lipinski definition) is 1. The van der Waals surface area contributed by atoms with Crippen LogP contribution in [0.1, 0.15) is 17.0 Å². The zero-order valence-corrected chi connectivity index (χ0v) is 12.9. The van der Waals surface area contributed by atoms with E-state index in [0.29, 0.717) is 23.2 Å². The van der Waals surface area contributed by atoms with Crippen LogP contribution in [0.15, 0.2) is 30.3 Å². The maximum absolute atomic E-state index is 5.98. The Balaban J connectivity index is 2.25. The van der Waals surface area contributed by atoms with Gasteiger partial charge >= 0.3 is 0 Å². The van der Waals surface area contributed by atoms with Gasteiger partial charge in [0.1, 0.15) is 10.7 Å². The van der Waals surface area contributed by atoms with Crippen molar-refractivity contribution in [2.24, 2.45) is 5.73 Å². The third-order valence-electron chi connectivity index (χ3n) is 2.75. The highest BCUT2D eigenvalue weighted by Gasteiger charge is 2.09. The monoisotopic (exact) mass is 306 g/mol. The summed E-state index contributed by atoms with van der Waals surface area (Å²) in [5.74, 6) is 0.591. The van der Waals surface area contributed by atoms with Gasteiger partial charge in [-0.05, 0) is 30.7 Å². The molecule has 20 heavy (non-hydrogen) atoms. The second kappa shape index (κ2) is 6.15. The van der Waals surface area contributed by atoms with Gasteiger partial charge in [-0.1, -0.05) is 36.0 Å². The fraction of sp³-hybridized carbons (Fsp3) is 0.214. The lowest BCUT2D eigenvalue weighted by atomic mass is 10.2. The van der Waals surface area contributed by atoms with Gasteiger partial charge in [-0.25, -0.2) is 9.97 Å². The summed E-state index contributed by atoms with van der Waals surface area (Å²) in [5, 5.41) is 0.713. The third kappa shape index (κ3) is 3.65. The van der Waals surface area contributed by atoms with Crippen LogP contribution in [0.5, 0.6) is 0 Å². The fourth-order valence-corrected chi connectivity index (χ4v) is 2.15. The predicted molar refractivity (Wildman–Crippen MR) is 86.2 cm³/mol. The first-order chi connectivity index (χ1) is 9.45. The van der Waals surface area contributed by atoms with Crippen molar-refractivity contribution in [3.05, 3.63) is 52.3 Å². The Morgan fingerprint density at radius 3 is 2.75 bits per heavy atom. The number of nitrogens with two attached hydrogens (primary N) is 1. The van der Waals surface area contributed by atoms with E-state index >= 15 is 0 Å². The second-order valence-corrected chi connectivity index (χ2v) is 5.42. The van der Waals surface area contributed by atoms with Crippen LogP contribution in [-0.4, -0.2) is 22.0 Å². The SMILES string of the molecule is Cc1cc(C(N)=S)nc(N(C)Cc2cccc(Cl)c2)n1. The molecule has 0 aliphatic rings. The molecule has 1 aromatic carbocycles. The van der Waals surface area contributed by atoms with Crippen molar-refractivity contribution < 1.29 is 0 Å². The zero-order valence-electron chi connectivity index (χ0n) is 11.3. The average Bonchev–Trinajstić information content (AvgIpc) is 2.37. The van der Waals surface area contributed by atoms with Crippen LogP contribution in [0.25, 0.3) is 0 Å². The number of benzene rings is 1.